The van der Waals surface area contributed by atoms with Gasteiger partial charge in [-0.15, -0.1) is 0 Å². The molecule has 1 heterocycles. The number of nitrogens with zero attached hydrogens (tertiary/aromatic N) is 2. The van der Waals surface area contributed by atoms with Crippen LogP contribution >= 0.6 is 15.9 Å². The van der Waals surface area contributed by atoms with E-state index in [0.29, 0.717) is 0 Å². The maximum Gasteiger partial charge on any atom is 0.331 e. The monoisotopic (exact) mass is 529 g/mol. The number of ether oxygens (including phenoxy) is 1. The van der Waals surface area contributed by atoms with Gasteiger partial charge in [-0.05, 0) is 42.8 Å². The molecular formula is C28H24BrN3O3. The SMILES string of the molecule is CC(NC(=O)COC(=O)/C=C/c1cn(-c2ccccc2)nc1-c1ccc(Br)cc1)c1ccccc1. The number of esters is 1. The molecule has 1 unspecified atom stereocenters. The molecule has 0 saturated carbocycles. The summed E-state index contributed by atoms with van der Waals surface area (Å²) < 4.78 is 7.87. The van der Waals surface area contributed by atoms with Crippen molar-refractivity contribution in [2.24, 2.45) is 0 Å². The van der Waals surface area contributed by atoms with Crippen LogP contribution in [0.25, 0.3) is 23.0 Å². The van der Waals surface area contributed by atoms with E-state index < -0.39 is 5.97 Å². The molecule has 4 rings (SSSR count). The zero-order valence-electron chi connectivity index (χ0n) is 19.1. The number of rotatable bonds is 8. The minimum Gasteiger partial charge on any atom is -0.452 e. The third-order valence-corrected chi connectivity index (χ3v) is 5.83. The molecule has 1 amide bonds. The van der Waals surface area contributed by atoms with Gasteiger partial charge >= 0.3 is 5.97 Å². The molecule has 0 aliphatic rings. The van der Waals surface area contributed by atoms with Crippen molar-refractivity contribution < 1.29 is 14.3 Å². The van der Waals surface area contributed by atoms with E-state index >= 15 is 0 Å². The quantitative estimate of drug-likeness (QED) is 0.233. The first kappa shape index (κ1) is 24.2. The van der Waals surface area contributed by atoms with Gasteiger partial charge in [0.1, 0.15) is 0 Å². The standard InChI is InChI=1S/C28H24BrN3O3/c1-20(21-8-4-2-5-9-21)30-26(33)19-35-27(34)17-14-23-18-32(25-10-6-3-7-11-25)31-28(23)22-12-15-24(29)16-13-22/h2-18,20H,19H2,1H3,(H,30,33)/b17-14+. The van der Waals surface area contributed by atoms with Gasteiger partial charge in [-0.25, -0.2) is 9.48 Å². The molecule has 0 bridgehead atoms. The molecule has 7 heteroatoms. The summed E-state index contributed by atoms with van der Waals surface area (Å²) >= 11 is 3.45. The molecule has 0 fully saturated rings. The zero-order valence-corrected chi connectivity index (χ0v) is 20.7. The van der Waals surface area contributed by atoms with Gasteiger partial charge in [0.05, 0.1) is 17.4 Å². The molecule has 6 nitrogen and oxygen atoms in total. The molecule has 35 heavy (non-hydrogen) atoms. The molecule has 1 aromatic heterocycles. The number of para-hydroxylation sites is 1. The van der Waals surface area contributed by atoms with Crippen molar-refractivity contribution in [3.63, 3.8) is 0 Å². The van der Waals surface area contributed by atoms with Crippen LogP contribution in [0.15, 0.2) is 102 Å². The summed E-state index contributed by atoms with van der Waals surface area (Å²) in [5, 5.41) is 7.55. The van der Waals surface area contributed by atoms with Gasteiger partial charge in [0.15, 0.2) is 6.61 Å². The van der Waals surface area contributed by atoms with Gasteiger partial charge in [-0.2, -0.15) is 5.10 Å². The van der Waals surface area contributed by atoms with Crippen LogP contribution in [0.5, 0.6) is 0 Å². The predicted molar refractivity (Wildman–Crippen MR) is 140 cm³/mol. The summed E-state index contributed by atoms with van der Waals surface area (Å²) in [6.07, 6.45) is 4.81. The zero-order chi connectivity index (χ0) is 24.6. The fraction of sp³-hybridized carbons (Fsp3) is 0.107. The first-order valence-corrected chi connectivity index (χ1v) is 11.9. The Balaban J connectivity index is 1.44. The van der Waals surface area contributed by atoms with E-state index in [1.807, 2.05) is 98.0 Å². The Morgan fingerprint density at radius 3 is 2.34 bits per heavy atom. The van der Waals surface area contributed by atoms with Crippen LogP contribution in [0.3, 0.4) is 0 Å². The van der Waals surface area contributed by atoms with Crippen molar-refractivity contribution in [1.29, 1.82) is 0 Å². The topological polar surface area (TPSA) is 73.2 Å². The Labute approximate surface area is 212 Å². The maximum atomic E-state index is 12.3. The second-order valence-electron chi connectivity index (χ2n) is 7.86. The third kappa shape index (κ3) is 6.55. The van der Waals surface area contributed by atoms with Crippen molar-refractivity contribution in [1.82, 2.24) is 15.1 Å². The highest BCUT2D eigenvalue weighted by atomic mass is 79.9. The molecule has 0 saturated heterocycles. The number of hydrogen-bond donors (Lipinski definition) is 1. The van der Waals surface area contributed by atoms with Gasteiger partial charge in [0.2, 0.25) is 0 Å². The summed E-state index contributed by atoms with van der Waals surface area (Å²) in [5.41, 5.74) is 4.25. The van der Waals surface area contributed by atoms with Crippen molar-refractivity contribution in [3.05, 3.63) is 113 Å². The largest absolute Gasteiger partial charge is 0.452 e. The smallest absolute Gasteiger partial charge is 0.331 e. The molecule has 3 aromatic carbocycles. The minimum absolute atomic E-state index is 0.185. The van der Waals surface area contributed by atoms with E-state index in [0.717, 1.165) is 32.5 Å². The van der Waals surface area contributed by atoms with E-state index in [1.165, 1.54) is 6.08 Å². The van der Waals surface area contributed by atoms with E-state index in [1.54, 1.807) is 10.8 Å². The van der Waals surface area contributed by atoms with Crippen LogP contribution in [0, 0.1) is 0 Å². The lowest BCUT2D eigenvalue weighted by molar-refractivity contribution is -0.144. The van der Waals surface area contributed by atoms with Crippen LogP contribution in [-0.2, 0) is 14.3 Å². The molecule has 1 atom stereocenters. The molecule has 1 N–H and O–H groups in total. The third-order valence-electron chi connectivity index (χ3n) is 5.30. The van der Waals surface area contributed by atoms with Gasteiger partial charge in [0.25, 0.3) is 5.91 Å². The number of halogens is 1. The number of benzene rings is 3. The summed E-state index contributed by atoms with van der Waals surface area (Å²) in [5.74, 6) is -0.975. The highest BCUT2D eigenvalue weighted by Crippen LogP contribution is 2.26. The van der Waals surface area contributed by atoms with E-state index in [2.05, 4.69) is 21.2 Å². The van der Waals surface area contributed by atoms with Crippen LogP contribution in [-0.4, -0.2) is 28.3 Å². The molecule has 4 aromatic rings. The second-order valence-corrected chi connectivity index (χ2v) is 8.78. The molecule has 176 valence electrons. The Morgan fingerprint density at radius 2 is 1.66 bits per heavy atom. The average Bonchev–Trinajstić information content (AvgIpc) is 3.32. The highest BCUT2D eigenvalue weighted by molar-refractivity contribution is 9.10. The summed E-state index contributed by atoms with van der Waals surface area (Å²) in [6.45, 7) is 1.52. The molecule has 0 aliphatic carbocycles. The highest BCUT2D eigenvalue weighted by Gasteiger charge is 2.13. The fourth-order valence-electron chi connectivity index (χ4n) is 3.51. The van der Waals surface area contributed by atoms with Crippen molar-refractivity contribution >= 4 is 33.9 Å². The van der Waals surface area contributed by atoms with Crippen molar-refractivity contribution in [2.75, 3.05) is 6.61 Å². The van der Waals surface area contributed by atoms with Gasteiger partial charge in [-0.3, -0.25) is 4.79 Å². The Hall–Kier alpha value is -3.97. The average molecular weight is 530 g/mol. The number of nitrogens with one attached hydrogen (secondary N) is 1. The van der Waals surface area contributed by atoms with Crippen LogP contribution < -0.4 is 5.32 Å². The number of hydrogen-bond acceptors (Lipinski definition) is 4. The molecule has 0 radical (unpaired) electrons. The summed E-state index contributed by atoms with van der Waals surface area (Å²) in [6, 6.07) is 26.9. The second kappa shape index (κ2) is 11.4. The van der Waals surface area contributed by atoms with E-state index in [-0.39, 0.29) is 18.6 Å². The fourth-order valence-corrected chi connectivity index (χ4v) is 3.77. The Morgan fingerprint density at radius 1 is 1.00 bits per heavy atom. The summed E-state index contributed by atoms with van der Waals surface area (Å²) in [4.78, 5) is 24.5. The Bertz CT molecular complexity index is 1320. The van der Waals surface area contributed by atoms with Gasteiger partial charge < -0.3 is 10.1 Å². The van der Waals surface area contributed by atoms with E-state index in [9.17, 15) is 9.59 Å². The lowest BCUT2D eigenvalue weighted by atomic mass is 10.1. The molecule has 0 spiro atoms. The lowest BCUT2D eigenvalue weighted by Crippen LogP contribution is -2.30. The van der Waals surface area contributed by atoms with Crippen LogP contribution in [0.4, 0.5) is 0 Å². The van der Waals surface area contributed by atoms with Gasteiger partial charge in [0, 0.05) is 27.9 Å². The van der Waals surface area contributed by atoms with Gasteiger partial charge in [-0.1, -0.05) is 76.6 Å². The predicted octanol–water partition coefficient (Wildman–Crippen LogP) is 5.74. The number of carbonyl (C=O) groups is 2. The van der Waals surface area contributed by atoms with E-state index in [4.69, 9.17) is 9.84 Å². The Kier molecular flexibility index (Phi) is 7.90. The summed E-state index contributed by atoms with van der Waals surface area (Å²) in [7, 11) is 0. The molecule has 0 aliphatic heterocycles. The normalized spacial score (nSPS) is 11.8. The number of amides is 1. The number of aromatic nitrogens is 2. The van der Waals surface area contributed by atoms with Crippen molar-refractivity contribution in [2.45, 2.75) is 13.0 Å². The lowest BCUT2D eigenvalue weighted by Gasteiger charge is -2.13. The first-order chi connectivity index (χ1) is 17.0. The van der Waals surface area contributed by atoms with Crippen molar-refractivity contribution in [3.8, 4) is 16.9 Å². The maximum absolute atomic E-state index is 12.3. The van der Waals surface area contributed by atoms with Crippen LogP contribution in [0.2, 0.25) is 0 Å². The van der Waals surface area contributed by atoms with Crippen LogP contribution in [0.1, 0.15) is 24.1 Å². The molecular weight excluding hydrogens is 506 g/mol. The first-order valence-electron chi connectivity index (χ1n) is 11.1. The minimum atomic E-state index is -0.610. The number of carbonyl (C=O) groups excluding carboxylic acids is 2.